The average Bonchev–Trinajstić information content (AvgIpc) is 2.71. The molecule has 0 aliphatic carbocycles. The summed E-state index contributed by atoms with van der Waals surface area (Å²) >= 11 is 6.25. The second kappa shape index (κ2) is 10.8. The lowest BCUT2D eigenvalue weighted by atomic mass is 10.1. The molecule has 0 aromatic heterocycles. The van der Waals surface area contributed by atoms with Gasteiger partial charge in [-0.1, -0.05) is 36.7 Å². The zero-order valence-electron chi connectivity index (χ0n) is 16.8. The lowest BCUT2D eigenvalue weighted by Crippen LogP contribution is -2.50. The first-order valence-electron chi connectivity index (χ1n) is 9.53. The van der Waals surface area contributed by atoms with Crippen LogP contribution in [0.15, 0.2) is 48.5 Å². The zero-order chi connectivity index (χ0) is 21.4. The molecule has 0 heterocycles. The Morgan fingerprint density at radius 1 is 1.14 bits per heavy atom. The van der Waals surface area contributed by atoms with Crippen molar-refractivity contribution < 1.29 is 18.7 Å². The monoisotopic (exact) mass is 420 g/mol. The highest BCUT2D eigenvalue weighted by Crippen LogP contribution is 2.19. The van der Waals surface area contributed by atoms with Crippen molar-refractivity contribution in [2.45, 2.75) is 45.8 Å². The minimum Gasteiger partial charge on any atom is -0.484 e. The predicted octanol–water partition coefficient (Wildman–Crippen LogP) is 4.19. The van der Waals surface area contributed by atoms with Crippen LogP contribution in [-0.4, -0.2) is 35.4 Å². The Kier molecular flexibility index (Phi) is 8.46. The molecular formula is C22H26ClFN2O3. The maximum Gasteiger partial charge on any atom is 0.261 e. The Morgan fingerprint density at radius 3 is 2.41 bits per heavy atom. The number of rotatable bonds is 9. The quantitative estimate of drug-likeness (QED) is 0.661. The molecule has 2 atom stereocenters. The SMILES string of the molecule is CC[C@@H](C)NC(=O)[C@@H](C)N(Cc1ccccc1Cl)C(=O)COc1ccc(F)cc1. The first kappa shape index (κ1) is 22.7. The molecule has 0 saturated heterocycles. The van der Waals surface area contributed by atoms with Gasteiger partial charge in [0.15, 0.2) is 6.61 Å². The number of benzene rings is 2. The van der Waals surface area contributed by atoms with Crippen molar-refractivity contribution in [2.24, 2.45) is 0 Å². The predicted molar refractivity (Wildman–Crippen MR) is 111 cm³/mol. The lowest BCUT2D eigenvalue weighted by Gasteiger charge is -2.30. The summed E-state index contributed by atoms with van der Waals surface area (Å²) in [7, 11) is 0. The van der Waals surface area contributed by atoms with Crippen LogP contribution in [0, 0.1) is 5.82 Å². The van der Waals surface area contributed by atoms with E-state index in [4.69, 9.17) is 16.3 Å². The second-order valence-corrected chi connectivity index (χ2v) is 7.26. The van der Waals surface area contributed by atoms with Crippen molar-refractivity contribution in [3.63, 3.8) is 0 Å². The molecule has 0 spiro atoms. The molecule has 2 aromatic carbocycles. The number of halogens is 2. The number of hydrogen-bond acceptors (Lipinski definition) is 3. The van der Waals surface area contributed by atoms with Gasteiger partial charge in [-0.3, -0.25) is 9.59 Å². The van der Waals surface area contributed by atoms with Crippen LogP contribution in [-0.2, 0) is 16.1 Å². The Balaban J connectivity index is 2.15. The van der Waals surface area contributed by atoms with E-state index in [1.165, 1.54) is 29.2 Å². The molecule has 0 fully saturated rings. The molecule has 156 valence electrons. The van der Waals surface area contributed by atoms with E-state index in [2.05, 4.69) is 5.32 Å². The number of amides is 2. The van der Waals surface area contributed by atoms with Gasteiger partial charge in [-0.05, 0) is 56.2 Å². The van der Waals surface area contributed by atoms with Crippen LogP contribution in [0.2, 0.25) is 5.02 Å². The number of carbonyl (C=O) groups excluding carboxylic acids is 2. The average molecular weight is 421 g/mol. The third-order valence-corrected chi connectivity index (χ3v) is 5.01. The van der Waals surface area contributed by atoms with Gasteiger partial charge in [0.1, 0.15) is 17.6 Å². The maximum atomic E-state index is 13.0. The minimum absolute atomic E-state index is 0.00215. The van der Waals surface area contributed by atoms with Crippen molar-refractivity contribution in [1.29, 1.82) is 0 Å². The summed E-state index contributed by atoms with van der Waals surface area (Å²) in [5.74, 6) is -0.643. The molecule has 2 amide bonds. The van der Waals surface area contributed by atoms with Crippen LogP contribution < -0.4 is 10.1 Å². The summed E-state index contributed by atoms with van der Waals surface area (Å²) < 4.78 is 18.5. The fourth-order valence-electron chi connectivity index (χ4n) is 2.62. The number of hydrogen-bond donors (Lipinski definition) is 1. The molecule has 29 heavy (non-hydrogen) atoms. The van der Waals surface area contributed by atoms with E-state index in [1.54, 1.807) is 19.1 Å². The fraction of sp³-hybridized carbons (Fsp3) is 0.364. The molecule has 0 bridgehead atoms. The van der Waals surface area contributed by atoms with Gasteiger partial charge in [0.05, 0.1) is 0 Å². The highest BCUT2D eigenvalue weighted by atomic mass is 35.5. The van der Waals surface area contributed by atoms with Crippen LogP contribution in [0.3, 0.4) is 0 Å². The smallest absolute Gasteiger partial charge is 0.261 e. The van der Waals surface area contributed by atoms with Gasteiger partial charge >= 0.3 is 0 Å². The van der Waals surface area contributed by atoms with Crippen molar-refractivity contribution in [3.05, 3.63) is 64.9 Å². The van der Waals surface area contributed by atoms with Crippen LogP contribution in [0.5, 0.6) is 5.75 Å². The summed E-state index contributed by atoms with van der Waals surface area (Å²) in [6.07, 6.45) is 0.782. The molecular weight excluding hydrogens is 395 g/mol. The van der Waals surface area contributed by atoms with E-state index in [1.807, 2.05) is 26.0 Å². The lowest BCUT2D eigenvalue weighted by molar-refractivity contribution is -0.142. The molecule has 2 rings (SSSR count). The van der Waals surface area contributed by atoms with Crippen molar-refractivity contribution in [2.75, 3.05) is 6.61 Å². The molecule has 0 saturated carbocycles. The summed E-state index contributed by atoms with van der Waals surface area (Å²) in [5.41, 5.74) is 0.729. The summed E-state index contributed by atoms with van der Waals surface area (Å²) in [4.78, 5) is 27.0. The van der Waals surface area contributed by atoms with E-state index >= 15 is 0 Å². The van der Waals surface area contributed by atoms with E-state index in [9.17, 15) is 14.0 Å². The Morgan fingerprint density at radius 2 is 1.79 bits per heavy atom. The number of carbonyl (C=O) groups is 2. The Bertz CT molecular complexity index is 829. The summed E-state index contributed by atoms with van der Waals surface area (Å²) in [6, 6.07) is 11.8. The third-order valence-electron chi connectivity index (χ3n) is 4.64. The van der Waals surface area contributed by atoms with Crippen LogP contribution in [0.1, 0.15) is 32.8 Å². The van der Waals surface area contributed by atoms with Crippen molar-refractivity contribution in [3.8, 4) is 5.75 Å². The van der Waals surface area contributed by atoms with Crippen LogP contribution >= 0.6 is 11.6 Å². The van der Waals surface area contributed by atoms with Gasteiger partial charge < -0.3 is 15.0 Å². The van der Waals surface area contributed by atoms with E-state index < -0.39 is 6.04 Å². The normalized spacial score (nSPS) is 12.7. The zero-order valence-corrected chi connectivity index (χ0v) is 17.6. The number of nitrogens with zero attached hydrogens (tertiary/aromatic N) is 1. The molecule has 0 unspecified atom stereocenters. The van der Waals surface area contributed by atoms with Crippen LogP contribution in [0.25, 0.3) is 0 Å². The molecule has 0 aliphatic rings. The van der Waals surface area contributed by atoms with Gasteiger partial charge in [0.25, 0.3) is 5.91 Å². The second-order valence-electron chi connectivity index (χ2n) is 6.85. The third kappa shape index (κ3) is 6.75. The Labute approximate surface area is 175 Å². The van der Waals surface area contributed by atoms with Crippen LogP contribution in [0.4, 0.5) is 4.39 Å². The molecule has 5 nitrogen and oxygen atoms in total. The van der Waals surface area contributed by atoms with E-state index in [-0.39, 0.29) is 36.8 Å². The van der Waals surface area contributed by atoms with Gasteiger partial charge in [0.2, 0.25) is 5.91 Å². The van der Waals surface area contributed by atoms with Gasteiger partial charge in [-0.25, -0.2) is 4.39 Å². The topological polar surface area (TPSA) is 58.6 Å². The van der Waals surface area contributed by atoms with Gasteiger partial charge in [-0.15, -0.1) is 0 Å². The largest absolute Gasteiger partial charge is 0.484 e. The summed E-state index contributed by atoms with van der Waals surface area (Å²) in [5, 5.41) is 3.41. The van der Waals surface area contributed by atoms with Gasteiger partial charge in [0, 0.05) is 17.6 Å². The van der Waals surface area contributed by atoms with Crippen molar-refractivity contribution >= 4 is 23.4 Å². The molecule has 2 aromatic rings. The molecule has 0 aliphatic heterocycles. The Hall–Kier alpha value is -2.60. The standard InChI is InChI=1S/C22H26ClFN2O3/c1-4-15(2)25-22(28)16(3)26(13-17-7-5-6-8-20(17)23)21(27)14-29-19-11-9-18(24)10-12-19/h5-12,15-16H,4,13-14H2,1-3H3,(H,25,28)/t15-,16-/m1/s1. The van der Waals surface area contributed by atoms with E-state index in [0.717, 1.165) is 12.0 Å². The minimum atomic E-state index is -0.718. The van der Waals surface area contributed by atoms with Gasteiger partial charge in [-0.2, -0.15) is 0 Å². The first-order chi connectivity index (χ1) is 13.8. The van der Waals surface area contributed by atoms with E-state index in [0.29, 0.717) is 10.8 Å². The number of nitrogens with one attached hydrogen (secondary N) is 1. The molecule has 7 heteroatoms. The highest BCUT2D eigenvalue weighted by Gasteiger charge is 2.27. The molecule has 0 radical (unpaired) electrons. The maximum absolute atomic E-state index is 13.0. The highest BCUT2D eigenvalue weighted by molar-refractivity contribution is 6.31. The summed E-state index contributed by atoms with van der Waals surface area (Å²) in [6.45, 7) is 5.43. The number of ether oxygens (including phenoxy) is 1. The van der Waals surface area contributed by atoms with Crippen molar-refractivity contribution in [1.82, 2.24) is 10.2 Å². The fourth-order valence-corrected chi connectivity index (χ4v) is 2.81. The molecule has 1 N–H and O–H groups in total. The first-order valence-corrected chi connectivity index (χ1v) is 9.91.